The van der Waals surface area contributed by atoms with Crippen molar-refractivity contribution >= 4 is 32.9 Å². The van der Waals surface area contributed by atoms with Gasteiger partial charge in [0.05, 0.1) is 4.90 Å². The van der Waals surface area contributed by atoms with Crippen LogP contribution >= 0.6 is 11.6 Å². The van der Waals surface area contributed by atoms with Gasteiger partial charge in [-0.3, -0.25) is 4.79 Å². The molecule has 4 nitrogen and oxygen atoms in total. The average Bonchev–Trinajstić information content (AvgIpc) is 2.39. The number of rotatable bonds is 4. The molecule has 0 saturated carbocycles. The molecule has 2 N–H and O–H groups in total. The number of Topliss-reactive ketones (excluding diaryl/α,β-unsaturated/α-hetero) is 1. The number of hydrogen-bond donors (Lipinski definition) is 1. The highest BCUT2D eigenvalue weighted by molar-refractivity contribution is 7.92. The highest BCUT2D eigenvalue weighted by atomic mass is 35.5. The Hall–Kier alpha value is -1.85. The number of nitrogens with two attached hydrogens (primary N) is 1. The van der Waals surface area contributed by atoms with Crippen LogP contribution in [0.5, 0.6) is 0 Å². The average molecular weight is 310 g/mol. The second-order valence-electron chi connectivity index (χ2n) is 4.26. The van der Waals surface area contributed by atoms with Crippen molar-refractivity contribution in [3.63, 3.8) is 0 Å². The van der Waals surface area contributed by atoms with Crippen LogP contribution in [-0.4, -0.2) is 20.0 Å². The molecular formula is C14H12ClNO3S. The molecule has 0 amide bonds. The fourth-order valence-corrected chi connectivity index (χ4v) is 3.01. The number of benzene rings is 2. The van der Waals surface area contributed by atoms with Gasteiger partial charge in [0, 0.05) is 16.3 Å². The van der Waals surface area contributed by atoms with E-state index in [4.69, 9.17) is 17.3 Å². The topological polar surface area (TPSA) is 77.2 Å². The Morgan fingerprint density at radius 1 is 1.00 bits per heavy atom. The fraction of sp³-hybridized carbons (Fsp3) is 0.0714. The summed E-state index contributed by atoms with van der Waals surface area (Å²) in [4.78, 5) is 12.0. The molecule has 0 aromatic heterocycles. The summed E-state index contributed by atoms with van der Waals surface area (Å²) >= 11 is 5.72. The van der Waals surface area contributed by atoms with Crippen molar-refractivity contribution in [1.82, 2.24) is 0 Å². The van der Waals surface area contributed by atoms with Crippen LogP contribution in [0.4, 0.5) is 5.69 Å². The van der Waals surface area contributed by atoms with Crippen LogP contribution in [0.25, 0.3) is 0 Å². The van der Waals surface area contributed by atoms with Crippen molar-refractivity contribution in [2.75, 3.05) is 11.5 Å². The molecule has 0 aliphatic heterocycles. The van der Waals surface area contributed by atoms with E-state index < -0.39 is 21.4 Å². The minimum atomic E-state index is -3.67. The summed E-state index contributed by atoms with van der Waals surface area (Å²) < 4.78 is 24.2. The lowest BCUT2D eigenvalue weighted by Crippen LogP contribution is -2.16. The van der Waals surface area contributed by atoms with E-state index in [1.807, 2.05) is 0 Å². The fourth-order valence-electron chi connectivity index (χ4n) is 1.65. The van der Waals surface area contributed by atoms with E-state index in [0.717, 1.165) is 0 Å². The molecule has 0 saturated heterocycles. The van der Waals surface area contributed by atoms with Crippen LogP contribution in [0.15, 0.2) is 53.4 Å². The number of anilines is 1. The Morgan fingerprint density at radius 2 is 1.55 bits per heavy atom. The zero-order chi connectivity index (χ0) is 14.8. The monoisotopic (exact) mass is 309 g/mol. The van der Waals surface area contributed by atoms with Gasteiger partial charge in [0.2, 0.25) is 0 Å². The molecule has 0 aliphatic rings. The van der Waals surface area contributed by atoms with Crippen molar-refractivity contribution in [1.29, 1.82) is 0 Å². The first-order chi connectivity index (χ1) is 9.38. The van der Waals surface area contributed by atoms with Crippen molar-refractivity contribution in [3.05, 3.63) is 59.1 Å². The van der Waals surface area contributed by atoms with Gasteiger partial charge in [0.1, 0.15) is 5.75 Å². The van der Waals surface area contributed by atoms with Crippen LogP contribution < -0.4 is 5.73 Å². The molecule has 0 heterocycles. The molecular weight excluding hydrogens is 298 g/mol. The second kappa shape index (κ2) is 5.64. The highest BCUT2D eigenvalue weighted by Crippen LogP contribution is 2.16. The Kier molecular flexibility index (Phi) is 4.11. The molecule has 0 radical (unpaired) electrons. The van der Waals surface area contributed by atoms with Crippen LogP contribution in [0.3, 0.4) is 0 Å². The first kappa shape index (κ1) is 14.6. The third kappa shape index (κ3) is 3.37. The van der Waals surface area contributed by atoms with Crippen molar-refractivity contribution in [3.8, 4) is 0 Å². The Bertz CT molecular complexity index is 722. The van der Waals surface area contributed by atoms with Crippen LogP contribution in [-0.2, 0) is 9.84 Å². The van der Waals surface area contributed by atoms with E-state index in [1.54, 1.807) is 12.1 Å². The summed E-state index contributed by atoms with van der Waals surface area (Å²) in [7, 11) is -3.67. The number of carbonyl (C=O) groups is 1. The van der Waals surface area contributed by atoms with E-state index in [-0.39, 0.29) is 4.90 Å². The maximum absolute atomic E-state index is 12.1. The molecule has 0 aliphatic carbocycles. The number of ketones is 1. The molecule has 2 aromatic rings. The number of carbonyl (C=O) groups excluding carboxylic acids is 1. The van der Waals surface area contributed by atoms with Gasteiger partial charge in [0.25, 0.3) is 0 Å². The Morgan fingerprint density at radius 3 is 2.10 bits per heavy atom. The van der Waals surface area contributed by atoms with E-state index in [2.05, 4.69) is 0 Å². The molecule has 20 heavy (non-hydrogen) atoms. The summed E-state index contributed by atoms with van der Waals surface area (Å²) in [5, 5.41) is 0.489. The molecule has 2 rings (SSSR count). The first-order valence-corrected chi connectivity index (χ1v) is 7.78. The molecule has 6 heteroatoms. The van der Waals surface area contributed by atoms with E-state index >= 15 is 0 Å². The van der Waals surface area contributed by atoms with Gasteiger partial charge in [0.15, 0.2) is 15.6 Å². The van der Waals surface area contributed by atoms with Crippen molar-refractivity contribution in [2.24, 2.45) is 0 Å². The van der Waals surface area contributed by atoms with Crippen molar-refractivity contribution < 1.29 is 13.2 Å². The summed E-state index contributed by atoms with van der Waals surface area (Å²) in [6, 6.07) is 11.8. The zero-order valence-electron chi connectivity index (χ0n) is 10.4. The minimum absolute atomic E-state index is 0.0778. The predicted octanol–water partition coefficient (Wildman–Crippen LogP) is 2.58. The number of sulfone groups is 1. The van der Waals surface area contributed by atoms with Gasteiger partial charge in [-0.05, 0) is 48.5 Å². The van der Waals surface area contributed by atoms with Gasteiger partial charge in [-0.2, -0.15) is 0 Å². The maximum Gasteiger partial charge on any atom is 0.185 e. The molecule has 2 aromatic carbocycles. The van der Waals surface area contributed by atoms with Gasteiger partial charge < -0.3 is 5.73 Å². The number of nitrogen functional groups attached to an aromatic ring is 1. The zero-order valence-corrected chi connectivity index (χ0v) is 12.0. The first-order valence-electron chi connectivity index (χ1n) is 5.75. The lowest BCUT2D eigenvalue weighted by molar-refractivity contribution is 0.102. The van der Waals surface area contributed by atoms with Gasteiger partial charge in [-0.1, -0.05) is 11.6 Å². The summed E-state index contributed by atoms with van der Waals surface area (Å²) in [6.45, 7) is 0. The van der Waals surface area contributed by atoms with Crippen molar-refractivity contribution in [2.45, 2.75) is 4.90 Å². The Balaban J connectivity index is 2.22. The van der Waals surface area contributed by atoms with E-state index in [1.165, 1.54) is 36.4 Å². The molecule has 0 fully saturated rings. The maximum atomic E-state index is 12.1. The third-order valence-electron chi connectivity index (χ3n) is 2.73. The largest absolute Gasteiger partial charge is 0.399 e. The van der Waals surface area contributed by atoms with Gasteiger partial charge in [-0.15, -0.1) is 0 Å². The standard InChI is InChI=1S/C14H12ClNO3S/c15-11-3-1-10(2-4-11)14(17)9-20(18,19)13-7-5-12(16)6-8-13/h1-8H,9,16H2. The molecule has 0 bridgehead atoms. The normalized spacial score (nSPS) is 11.2. The minimum Gasteiger partial charge on any atom is -0.399 e. The van der Waals surface area contributed by atoms with Crippen LogP contribution in [0.2, 0.25) is 5.02 Å². The molecule has 0 unspecified atom stereocenters. The van der Waals surface area contributed by atoms with Crippen LogP contribution in [0.1, 0.15) is 10.4 Å². The predicted molar refractivity (Wildman–Crippen MR) is 78.7 cm³/mol. The smallest absolute Gasteiger partial charge is 0.185 e. The van der Waals surface area contributed by atoms with Gasteiger partial charge in [-0.25, -0.2) is 8.42 Å². The lowest BCUT2D eigenvalue weighted by Gasteiger charge is -2.05. The summed E-state index contributed by atoms with van der Waals surface area (Å²) in [5.41, 5.74) is 6.28. The lowest BCUT2D eigenvalue weighted by atomic mass is 10.1. The Labute approximate surface area is 122 Å². The molecule has 0 atom stereocenters. The van der Waals surface area contributed by atoms with E-state index in [9.17, 15) is 13.2 Å². The number of hydrogen-bond acceptors (Lipinski definition) is 4. The third-order valence-corrected chi connectivity index (χ3v) is 4.61. The van der Waals surface area contributed by atoms with Crippen LogP contribution in [0, 0.1) is 0 Å². The summed E-state index contributed by atoms with van der Waals surface area (Å²) in [5.74, 6) is -1.06. The second-order valence-corrected chi connectivity index (χ2v) is 6.68. The molecule has 0 spiro atoms. The van der Waals surface area contributed by atoms with E-state index in [0.29, 0.717) is 16.3 Å². The quantitative estimate of drug-likeness (QED) is 0.695. The molecule has 104 valence electrons. The highest BCUT2D eigenvalue weighted by Gasteiger charge is 2.20. The summed E-state index contributed by atoms with van der Waals surface area (Å²) in [6.07, 6.45) is 0. The number of halogens is 1. The van der Waals surface area contributed by atoms with Gasteiger partial charge >= 0.3 is 0 Å². The SMILES string of the molecule is Nc1ccc(S(=O)(=O)CC(=O)c2ccc(Cl)cc2)cc1.